The third kappa shape index (κ3) is 5.01. The van der Waals surface area contributed by atoms with Crippen LogP contribution in [-0.2, 0) is 9.53 Å². The molecule has 0 amide bonds. The van der Waals surface area contributed by atoms with Gasteiger partial charge < -0.3 is 14.3 Å². The molecule has 2 aromatic carbocycles. The molecule has 0 fully saturated rings. The van der Waals surface area contributed by atoms with Gasteiger partial charge in [-0.05, 0) is 29.7 Å². The van der Waals surface area contributed by atoms with E-state index in [0.29, 0.717) is 6.42 Å². The minimum Gasteiger partial charge on any atom is -0.468 e. The first-order chi connectivity index (χ1) is 10.8. The van der Waals surface area contributed by atoms with Gasteiger partial charge in [0, 0.05) is 6.42 Å². The van der Waals surface area contributed by atoms with Crippen molar-refractivity contribution in [2.75, 3.05) is 6.79 Å². The van der Waals surface area contributed by atoms with Crippen LogP contribution < -0.4 is 4.74 Å². The van der Waals surface area contributed by atoms with Crippen molar-refractivity contribution in [3.05, 3.63) is 54.6 Å². The SMILES string of the molecule is CCCC(CC=O)OCOc1ccc(-c2ccccc2)cc1. The van der Waals surface area contributed by atoms with E-state index in [1.54, 1.807) is 0 Å². The summed E-state index contributed by atoms with van der Waals surface area (Å²) in [6.07, 6.45) is 3.13. The Hall–Kier alpha value is -2.13. The van der Waals surface area contributed by atoms with Crippen LogP contribution in [0.2, 0.25) is 0 Å². The number of aldehydes is 1. The zero-order chi connectivity index (χ0) is 15.6. The minimum atomic E-state index is -0.0499. The van der Waals surface area contributed by atoms with E-state index in [1.807, 2.05) is 42.5 Å². The molecule has 3 heteroatoms. The number of ether oxygens (including phenoxy) is 2. The van der Waals surface area contributed by atoms with Crippen LogP contribution in [0.5, 0.6) is 5.75 Å². The van der Waals surface area contributed by atoms with Crippen LogP contribution in [0.25, 0.3) is 11.1 Å². The first-order valence-corrected chi connectivity index (χ1v) is 7.67. The number of hydrogen-bond acceptors (Lipinski definition) is 3. The van der Waals surface area contributed by atoms with E-state index in [0.717, 1.165) is 30.4 Å². The molecule has 116 valence electrons. The fourth-order valence-corrected chi connectivity index (χ4v) is 2.27. The molecule has 0 spiro atoms. The number of rotatable bonds is 9. The van der Waals surface area contributed by atoms with Crippen molar-refractivity contribution >= 4 is 6.29 Å². The summed E-state index contributed by atoms with van der Waals surface area (Å²) < 4.78 is 11.2. The molecule has 0 saturated carbocycles. The Balaban J connectivity index is 1.85. The predicted molar refractivity (Wildman–Crippen MR) is 87.8 cm³/mol. The molecule has 0 aliphatic heterocycles. The molecule has 3 nitrogen and oxygen atoms in total. The van der Waals surface area contributed by atoms with Gasteiger partial charge in [-0.1, -0.05) is 55.8 Å². The maximum absolute atomic E-state index is 10.6. The largest absolute Gasteiger partial charge is 0.468 e. The standard InChI is InChI=1S/C19H22O3/c1-2-6-18(13-14-20)21-15-22-19-11-9-17(10-12-19)16-7-4-3-5-8-16/h3-5,7-12,14,18H,2,6,13,15H2,1H3. The van der Waals surface area contributed by atoms with Crippen molar-refractivity contribution in [3.63, 3.8) is 0 Å². The smallest absolute Gasteiger partial charge is 0.189 e. The van der Waals surface area contributed by atoms with E-state index in [-0.39, 0.29) is 12.9 Å². The van der Waals surface area contributed by atoms with E-state index in [9.17, 15) is 4.79 Å². The Morgan fingerprint density at radius 1 is 1.00 bits per heavy atom. The van der Waals surface area contributed by atoms with Gasteiger partial charge >= 0.3 is 0 Å². The fourth-order valence-electron chi connectivity index (χ4n) is 2.27. The summed E-state index contributed by atoms with van der Waals surface area (Å²) >= 11 is 0. The highest BCUT2D eigenvalue weighted by molar-refractivity contribution is 5.63. The Bertz CT molecular complexity index is 549. The van der Waals surface area contributed by atoms with Gasteiger partial charge in [0.15, 0.2) is 6.79 Å². The van der Waals surface area contributed by atoms with Crippen LogP contribution in [0.4, 0.5) is 0 Å². The van der Waals surface area contributed by atoms with Crippen LogP contribution in [0.3, 0.4) is 0 Å². The predicted octanol–water partition coefficient (Wildman–Crippen LogP) is 4.46. The van der Waals surface area contributed by atoms with Gasteiger partial charge in [0.1, 0.15) is 12.0 Å². The van der Waals surface area contributed by atoms with Crippen molar-refractivity contribution in [1.29, 1.82) is 0 Å². The molecule has 0 heterocycles. The molecule has 2 rings (SSSR count). The highest BCUT2D eigenvalue weighted by atomic mass is 16.7. The lowest BCUT2D eigenvalue weighted by atomic mass is 10.1. The fraction of sp³-hybridized carbons (Fsp3) is 0.316. The van der Waals surface area contributed by atoms with Crippen molar-refractivity contribution < 1.29 is 14.3 Å². The van der Waals surface area contributed by atoms with Gasteiger partial charge in [-0.2, -0.15) is 0 Å². The topological polar surface area (TPSA) is 35.5 Å². The third-order valence-electron chi connectivity index (χ3n) is 3.46. The van der Waals surface area contributed by atoms with Gasteiger partial charge in [0.2, 0.25) is 0 Å². The van der Waals surface area contributed by atoms with Crippen molar-refractivity contribution in [1.82, 2.24) is 0 Å². The second-order valence-corrected chi connectivity index (χ2v) is 5.13. The highest BCUT2D eigenvalue weighted by Gasteiger charge is 2.07. The maximum atomic E-state index is 10.6. The van der Waals surface area contributed by atoms with Crippen LogP contribution in [0.1, 0.15) is 26.2 Å². The van der Waals surface area contributed by atoms with Crippen molar-refractivity contribution in [2.45, 2.75) is 32.3 Å². The molecule has 0 aliphatic rings. The number of carbonyl (C=O) groups is 1. The Morgan fingerprint density at radius 3 is 2.32 bits per heavy atom. The molecule has 22 heavy (non-hydrogen) atoms. The minimum absolute atomic E-state index is 0.0499. The Labute approximate surface area is 131 Å². The van der Waals surface area contributed by atoms with E-state index >= 15 is 0 Å². The summed E-state index contributed by atoms with van der Waals surface area (Å²) in [6, 6.07) is 18.1. The van der Waals surface area contributed by atoms with Crippen LogP contribution >= 0.6 is 0 Å². The average Bonchev–Trinajstić information content (AvgIpc) is 2.57. The molecule has 2 aromatic rings. The zero-order valence-corrected chi connectivity index (χ0v) is 12.9. The maximum Gasteiger partial charge on any atom is 0.189 e. The number of hydrogen-bond donors (Lipinski definition) is 0. The van der Waals surface area contributed by atoms with Gasteiger partial charge in [-0.15, -0.1) is 0 Å². The molecule has 0 aromatic heterocycles. The molecule has 0 saturated heterocycles. The summed E-state index contributed by atoms with van der Waals surface area (Å²) in [5.74, 6) is 0.765. The quantitative estimate of drug-likeness (QED) is 0.506. The molecular formula is C19H22O3. The first-order valence-electron chi connectivity index (χ1n) is 7.67. The van der Waals surface area contributed by atoms with Gasteiger partial charge in [-0.25, -0.2) is 0 Å². The average molecular weight is 298 g/mol. The normalized spacial score (nSPS) is 11.9. The van der Waals surface area contributed by atoms with Gasteiger partial charge in [0.05, 0.1) is 6.10 Å². The van der Waals surface area contributed by atoms with E-state index in [1.165, 1.54) is 5.56 Å². The molecule has 0 radical (unpaired) electrons. The van der Waals surface area contributed by atoms with E-state index in [2.05, 4.69) is 19.1 Å². The Kier molecular flexibility index (Phi) is 6.65. The van der Waals surface area contributed by atoms with Crippen LogP contribution in [0.15, 0.2) is 54.6 Å². The summed E-state index contributed by atoms with van der Waals surface area (Å²) in [5.41, 5.74) is 2.33. The molecule has 0 bridgehead atoms. The lowest BCUT2D eigenvalue weighted by Crippen LogP contribution is -2.16. The summed E-state index contributed by atoms with van der Waals surface area (Å²) in [7, 11) is 0. The molecule has 0 N–H and O–H groups in total. The summed E-state index contributed by atoms with van der Waals surface area (Å²) in [5, 5.41) is 0. The van der Waals surface area contributed by atoms with Crippen LogP contribution in [-0.4, -0.2) is 19.2 Å². The van der Waals surface area contributed by atoms with Gasteiger partial charge in [0.25, 0.3) is 0 Å². The highest BCUT2D eigenvalue weighted by Crippen LogP contribution is 2.22. The first kappa shape index (κ1) is 16.2. The summed E-state index contributed by atoms with van der Waals surface area (Å²) in [4.78, 5) is 10.6. The molecular weight excluding hydrogens is 276 g/mol. The monoisotopic (exact) mass is 298 g/mol. The second-order valence-electron chi connectivity index (χ2n) is 5.13. The van der Waals surface area contributed by atoms with E-state index in [4.69, 9.17) is 9.47 Å². The van der Waals surface area contributed by atoms with Crippen molar-refractivity contribution in [3.8, 4) is 16.9 Å². The van der Waals surface area contributed by atoms with E-state index < -0.39 is 0 Å². The number of benzene rings is 2. The Morgan fingerprint density at radius 2 is 1.68 bits per heavy atom. The summed E-state index contributed by atoms with van der Waals surface area (Å²) in [6.45, 7) is 2.24. The lowest BCUT2D eigenvalue weighted by molar-refractivity contribution is -0.112. The zero-order valence-electron chi connectivity index (χ0n) is 12.9. The third-order valence-corrected chi connectivity index (χ3v) is 3.46. The van der Waals surface area contributed by atoms with Crippen LogP contribution in [0, 0.1) is 0 Å². The molecule has 0 aliphatic carbocycles. The van der Waals surface area contributed by atoms with Crippen molar-refractivity contribution in [2.24, 2.45) is 0 Å². The van der Waals surface area contributed by atoms with Gasteiger partial charge in [-0.3, -0.25) is 0 Å². The molecule has 1 unspecified atom stereocenters. The molecule has 1 atom stereocenters. The second kappa shape index (κ2) is 9.00. The number of carbonyl (C=O) groups excluding carboxylic acids is 1. The lowest BCUT2D eigenvalue weighted by Gasteiger charge is -2.15.